The molecule has 0 aromatic carbocycles. The van der Waals surface area contributed by atoms with Gasteiger partial charge in [0, 0.05) is 0 Å². The number of rotatable bonds is 3. The van der Waals surface area contributed by atoms with E-state index in [1.165, 1.54) is 5.57 Å². The molecule has 1 heteroatoms. The monoisotopic (exact) mass is 138 g/mol. The van der Waals surface area contributed by atoms with Crippen LogP contribution >= 0.6 is 0 Å². The van der Waals surface area contributed by atoms with E-state index in [1.807, 2.05) is 32.1 Å². The van der Waals surface area contributed by atoms with Crippen molar-refractivity contribution in [2.45, 2.75) is 13.8 Å². The zero-order chi connectivity index (χ0) is 7.98. The molecule has 0 heterocycles. The Morgan fingerprint density at radius 3 is 2.40 bits per heavy atom. The van der Waals surface area contributed by atoms with Gasteiger partial charge in [-0.3, -0.25) is 0 Å². The van der Waals surface area contributed by atoms with Crippen LogP contribution in [0.3, 0.4) is 0 Å². The van der Waals surface area contributed by atoms with Crippen LogP contribution in [0.25, 0.3) is 0 Å². The summed E-state index contributed by atoms with van der Waals surface area (Å²) in [6.45, 7) is 7.67. The summed E-state index contributed by atoms with van der Waals surface area (Å²) in [5, 5.41) is 0. The van der Waals surface area contributed by atoms with Crippen molar-refractivity contribution in [3.63, 3.8) is 0 Å². The maximum Gasteiger partial charge on any atom is 0.111 e. The van der Waals surface area contributed by atoms with Crippen molar-refractivity contribution in [2.75, 3.05) is 7.11 Å². The number of methoxy groups -OCH3 is 1. The summed E-state index contributed by atoms with van der Waals surface area (Å²) in [5.74, 6) is 0.682. The zero-order valence-corrected chi connectivity index (χ0v) is 6.85. The van der Waals surface area contributed by atoms with Crippen molar-refractivity contribution in [1.29, 1.82) is 0 Å². The Hall–Kier alpha value is -0.980. The highest BCUT2D eigenvalue weighted by Gasteiger charge is 1.81. The summed E-state index contributed by atoms with van der Waals surface area (Å²) in [6.07, 6.45) is 5.83. The summed E-state index contributed by atoms with van der Waals surface area (Å²) < 4.78 is 4.84. The van der Waals surface area contributed by atoms with Gasteiger partial charge in [-0.25, -0.2) is 0 Å². The molecule has 10 heavy (non-hydrogen) atoms. The standard InChI is InChI=1S/C9H14O/c1-5-8(2)6-7-9(3)10-4/h5-7H,3H2,1-2,4H3/b7-6-,8-5-. The second-order valence-electron chi connectivity index (χ2n) is 2.04. The Bertz CT molecular complexity index is 164. The lowest BCUT2D eigenvalue weighted by Gasteiger charge is -1.94. The van der Waals surface area contributed by atoms with Crippen LogP contribution in [0.1, 0.15) is 13.8 Å². The van der Waals surface area contributed by atoms with Gasteiger partial charge in [0.1, 0.15) is 5.76 Å². The third-order valence-electron chi connectivity index (χ3n) is 1.25. The Kier molecular flexibility index (Phi) is 4.38. The van der Waals surface area contributed by atoms with Gasteiger partial charge < -0.3 is 4.74 Å². The number of hydrogen-bond donors (Lipinski definition) is 0. The molecule has 0 spiro atoms. The summed E-state index contributed by atoms with van der Waals surface area (Å²) in [4.78, 5) is 0. The van der Waals surface area contributed by atoms with E-state index in [9.17, 15) is 0 Å². The van der Waals surface area contributed by atoms with E-state index in [0.717, 1.165) is 0 Å². The summed E-state index contributed by atoms with van der Waals surface area (Å²) in [6, 6.07) is 0. The van der Waals surface area contributed by atoms with Crippen LogP contribution in [0.2, 0.25) is 0 Å². The third-order valence-corrected chi connectivity index (χ3v) is 1.25. The fourth-order valence-electron chi connectivity index (χ4n) is 0.389. The largest absolute Gasteiger partial charge is 0.497 e. The average Bonchev–Trinajstić information content (AvgIpc) is 1.99. The minimum Gasteiger partial charge on any atom is -0.497 e. The lowest BCUT2D eigenvalue weighted by atomic mass is 10.2. The van der Waals surface area contributed by atoms with Gasteiger partial charge in [0.15, 0.2) is 0 Å². The maximum absolute atomic E-state index is 4.84. The van der Waals surface area contributed by atoms with E-state index in [4.69, 9.17) is 4.74 Å². The van der Waals surface area contributed by atoms with E-state index in [-0.39, 0.29) is 0 Å². The lowest BCUT2D eigenvalue weighted by Crippen LogP contribution is -1.76. The average molecular weight is 138 g/mol. The molecule has 0 rings (SSSR count). The van der Waals surface area contributed by atoms with Gasteiger partial charge in [-0.05, 0) is 19.9 Å². The predicted molar refractivity (Wildman–Crippen MR) is 44.7 cm³/mol. The number of allylic oxidation sites excluding steroid dienone is 4. The van der Waals surface area contributed by atoms with Gasteiger partial charge in [0.25, 0.3) is 0 Å². The van der Waals surface area contributed by atoms with E-state index in [2.05, 4.69) is 6.58 Å². The van der Waals surface area contributed by atoms with Crippen LogP contribution in [0.15, 0.2) is 36.1 Å². The second kappa shape index (κ2) is 4.86. The fraction of sp³-hybridized carbons (Fsp3) is 0.333. The minimum atomic E-state index is 0.682. The quantitative estimate of drug-likeness (QED) is 0.430. The first-order valence-corrected chi connectivity index (χ1v) is 3.24. The first-order chi connectivity index (χ1) is 4.70. The Labute approximate surface area is 62.7 Å². The van der Waals surface area contributed by atoms with Crippen LogP contribution in [-0.4, -0.2) is 7.11 Å². The molecule has 0 fully saturated rings. The fourth-order valence-corrected chi connectivity index (χ4v) is 0.389. The van der Waals surface area contributed by atoms with Gasteiger partial charge in [-0.2, -0.15) is 0 Å². The molecular weight excluding hydrogens is 124 g/mol. The topological polar surface area (TPSA) is 9.23 Å². The molecule has 0 radical (unpaired) electrons. The molecule has 0 aliphatic carbocycles. The Morgan fingerprint density at radius 2 is 2.00 bits per heavy atom. The van der Waals surface area contributed by atoms with E-state index >= 15 is 0 Å². The highest BCUT2D eigenvalue weighted by molar-refractivity contribution is 5.21. The molecule has 0 N–H and O–H groups in total. The Morgan fingerprint density at radius 1 is 1.40 bits per heavy atom. The van der Waals surface area contributed by atoms with Crippen LogP contribution in [0, 0.1) is 0 Å². The second-order valence-corrected chi connectivity index (χ2v) is 2.04. The maximum atomic E-state index is 4.84. The third kappa shape index (κ3) is 3.96. The normalized spacial score (nSPS) is 12.1. The molecule has 0 aromatic heterocycles. The number of hydrogen-bond acceptors (Lipinski definition) is 1. The molecule has 0 saturated heterocycles. The molecule has 1 nitrogen and oxygen atoms in total. The molecule has 0 amide bonds. The number of ether oxygens (including phenoxy) is 1. The van der Waals surface area contributed by atoms with Crippen LogP contribution in [-0.2, 0) is 4.74 Å². The van der Waals surface area contributed by atoms with Gasteiger partial charge >= 0.3 is 0 Å². The van der Waals surface area contributed by atoms with Crippen molar-refractivity contribution in [3.05, 3.63) is 36.1 Å². The molecule has 0 bridgehead atoms. The van der Waals surface area contributed by atoms with Crippen molar-refractivity contribution in [2.24, 2.45) is 0 Å². The molecule has 0 atom stereocenters. The molecule has 0 aliphatic rings. The molecule has 0 saturated carbocycles. The van der Waals surface area contributed by atoms with Gasteiger partial charge in [-0.15, -0.1) is 0 Å². The summed E-state index contributed by atoms with van der Waals surface area (Å²) in [5.41, 5.74) is 1.21. The first kappa shape index (κ1) is 9.02. The van der Waals surface area contributed by atoms with E-state index < -0.39 is 0 Å². The van der Waals surface area contributed by atoms with Crippen LogP contribution in [0.5, 0.6) is 0 Å². The highest BCUT2D eigenvalue weighted by Crippen LogP contribution is 1.98. The van der Waals surface area contributed by atoms with Crippen molar-refractivity contribution >= 4 is 0 Å². The highest BCUT2D eigenvalue weighted by atomic mass is 16.5. The summed E-state index contributed by atoms with van der Waals surface area (Å²) in [7, 11) is 1.61. The van der Waals surface area contributed by atoms with Gasteiger partial charge in [0.2, 0.25) is 0 Å². The molecule has 0 aromatic rings. The predicted octanol–water partition coefficient (Wildman–Crippen LogP) is 2.67. The van der Waals surface area contributed by atoms with E-state index in [0.29, 0.717) is 5.76 Å². The minimum absolute atomic E-state index is 0.682. The van der Waals surface area contributed by atoms with E-state index in [1.54, 1.807) is 7.11 Å². The molecular formula is C9H14O. The first-order valence-electron chi connectivity index (χ1n) is 3.24. The van der Waals surface area contributed by atoms with Crippen LogP contribution < -0.4 is 0 Å². The molecule has 0 unspecified atom stereocenters. The van der Waals surface area contributed by atoms with Crippen molar-refractivity contribution in [1.82, 2.24) is 0 Å². The zero-order valence-electron chi connectivity index (χ0n) is 6.85. The Balaban J connectivity index is 3.88. The van der Waals surface area contributed by atoms with Crippen LogP contribution in [0.4, 0.5) is 0 Å². The molecule has 0 aliphatic heterocycles. The SMILES string of the molecule is C=C(/C=C\C(C)=C/C)OC. The van der Waals surface area contributed by atoms with Crippen molar-refractivity contribution in [3.8, 4) is 0 Å². The lowest BCUT2D eigenvalue weighted by molar-refractivity contribution is 0.309. The van der Waals surface area contributed by atoms with Gasteiger partial charge in [0.05, 0.1) is 7.11 Å². The van der Waals surface area contributed by atoms with Gasteiger partial charge in [-0.1, -0.05) is 24.3 Å². The van der Waals surface area contributed by atoms with Crippen molar-refractivity contribution < 1.29 is 4.74 Å². The summed E-state index contributed by atoms with van der Waals surface area (Å²) >= 11 is 0. The smallest absolute Gasteiger partial charge is 0.111 e. The molecule has 56 valence electrons.